The fraction of sp³-hybridized carbons (Fsp3) is 0.545. The molecule has 2 aliphatic carbocycles. The normalized spacial score (nSPS) is 26.5. The van der Waals surface area contributed by atoms with Gasteiger partial charge in [-0.1, -0.05) is 19.4 Å². The van der Waals surface area contributed by atoms with Gasteiger partial charge in [-0.2, -0.15) is 4.80 Å². The summed E-state index contributed by atoms with van der Waals surface area (Å²) in [6.45, 7) is 2.23. The first-order chi connectivity index (χ1) is 16.5. The van der Waals surface area contributed by atoms with Gasteiger partial charge >= 0.3 is 0 Å². The molecule has 0 spiro atoms. The lowest BCUT2D eigenvalue weighted by molar-refractivity contribution is 0.0101. The summed E-state index contributed by atoms with van der Waals surface area (Å²) >= 11 is 13.6. The van der Waals surface area contributed by atoms with E-state index in [1.807, 2.05) is 0 Å². The van der Waals surface area contributed by atoms with Crippen molar-refractivity contribution in [2.24, 2.45) is 18.4 Å². The van der Waals surface area contributed by atoms with E-state index in [2.05, 4.69) is 75.4 Å². The number of halogens is 1. The molecule has 2 saturated carbocycles. The van der Waals surface area contributed by atoms with E-state index in [0.29, 0.717) is 29.2 Å². The minimum Gasteiger partial charge on any atom is -0.507 e. The van der Waals surface area contributed by atoms with E-state index in [1.165, 1.54) is 17.1 Å². The van der Waals surface area contributed by atoms with Crippen molar-refractivity contribution in [1.29, 1.82) is 0 Å². The number of aromatic nitrogens is 7. The van der Waals surface area contributed by atoms with Crippen LogP contribution in [0.3, 0.4) is 0 Å². The zero-order valence-corrected chi connectivity index (χ0v) is 22.0. The second-order valence-electron chi connectivity index (χ2n) is 9.83. The van der Waals surface area contributed by atoms with Crippen LogP contribution in [0.2, 0.25) is 0 Å². The smallest absolute Gasteiger partial charge is 0.205 e. The molecule has 3 aromatic rings. The van der Waals surface area contributed by atoms with Crippen LogP contribution in [0.15, 0.2) is 24.4 Å². The molecule has 2 aliphatic rings. The van der Waals surface area contributed by atoms with Gasteiger partial charge in [0.05, 0.1) is 24.8 Å². The number of phenolic OH excluding ortho intramolecular Hbond substituents is 1. The van der Waals surface area contributed by atoms with Gasteiger partial charge in [-0.25, -0.2) is 9.37 Å². The Morgan fingerprint density at radius 2 is 1.97 bits per heavy atom. The van der Waals surface area contributed by atoms with E-state index < -0.39 is 15.7 Å². The molecular formula is C22H27FN8OS3. The standard InChI is InChI=1S/C22H27FN8OS3/c1-21-7-3-4-13(9-21)18(23)15(10-21)31(22(33,34)35)17-11-24-20(26-25-17)14-6-5-12(8-16(14)32)19-27-29-30(2)28-19/h5-6,8,11,13,15,18,32-35H,3-4,7,9-10H2,1-2H3/t13-,15-,18+,21+/m0/s1. The van der Waals surface area contributed by atoms with Crippen LogP contribution in [0.5, 0.6) is 5.75 Å². The number of hydrogen-bond donors (Lipinski definition) is 4. The molecule has 9 nitrogen and oxygen atoms in total. The number of rotatable bonds is 5. The quantitative estimate of drug-likeness (QED) is 0.288. The predicted molar refractivity (Wildman–Crippen MR) is 140 cm³/mol. The molecule has 1 aromatic carbocycles. The molecule has 186 valence electrons. The molecular weight excluding hydrogens is 507 g/mol. The fourth-order valence-electron chi connectivity index (χ4n) is 5.56. The van der Waals surface area contributed by atoms with Crippen LogP contribution >= 0.6 is 37.9 Å². The number of tetrazole rings is 1. The molecule has 1 N–H and O–H groups in total. The van der Waals surface area contributed by atoms with Gasteiger partial charge in [0.1, 0.15) is 11.9 Å². The molecule has 0 aliphatic heterocycles. The Morgan fingerprint density at radius 1 is 1.17 bits per heavy atom. The molecule has 13 heteroatoms. The Hall–Kier alpha value is -2.12. The van der Waals surface area contributed by atoms with Crippen LogP contribution in [0.1, 0.15) is 39.0 Å². The highest BCUT2D eigenvalue weighted by Crippen LogP contribution is 2.53. The number of alkyl halides is 1. The van der Waals surface area contributed by atoms with Crippen LogP contribution in [-0.4, -0.2) is 56.2 Å². The molecule has 2 aromatic heterocycles. The maximum atomic E-state index is 15.7. The number of anilines is 1. The third kappa shape index (κ3) is 4.82. The van der Waals surface area contributed by atoms with E-state index in [4.69, 9.17) is 0 Å². The Morgan fingerprint density at radius 3 is 2.60 bits per heavy atom. The summed E-state index contributed by atoms with van der Waals surface area (Å²) in [6.07, 6.45) is 4.98. The third-order valence-corrected chi connectivity index (χ3v) is 7.73. The van der Waals surface area contributed by atoms with Crippen LogP contribution in [0, 0.1) is 11.3 Å². The van der Waals surface area contributed by atoms with E-state index in [9.17, 15) is 5.11 Å². The highest BCUT2D eigenvalue weighted by Gasteiger charge is 2.51. The number of fused-ring (bicyclic) bond motifs is 2. The van der Waals surface area contributed by atoms with E-state index >= 15 is 4.39 Å². The zero-order valence-electron chi connectivity index (χ0n) is 19.3. The van der Waals surface area contributed by atoms with Crippen LogP contribution in [0.25, 0.3) is 22.8 Å². The van der Waals surface area contributed by atoms with Crippen LogP contribution in [0.4, 0.5) is 10.2 Å². The average Bonchev–Trinajstić information content (AvgIpc) is 3.23. The summed E-state index contributed by atoms with van der Waals surface area (Å²) in [6, 6.07) is 4.42. The molecule has 2 heterocycles. The van der Waals surface area contributed by atoms with Gasteiger partial charge in [0, 0.05) is 5.56 Å². The van der Waals surface area contributed by atoms with E-state index in [1.54, 1.807) is 24.1 Å². The van der Waals surface area contributed by atoms with Gasteiger partial charge in [-0.05, 0) is 54.4 Å². The Kier molecular flexibility index (Phi) is 6.37. The first kappa shape index (κ1) is 24.6. The maximum absolute atomic E-state index is 15.7. The molecule has 0 radical (unpaired) electrons. The van der Waals surface area contributed by atoms with Crippen molar-refractivity contribution < 1.29 is 9.50 Å². The highest BCUT2D eigenvalue weighted by molar-refractivity contribution is 8.17. The second-order valence-corrected chi connectivity index (χ2v) is 12.8. The molecule has 35 heavy (non-hydrogen) atoms. The first-order valence-electron chi connectivity index (χ1n) is 11.4. The van der Waals surface area contributed by atoms with Crippen LogP contribution < -0.4 is 4.90 Å². The number of aryl methyl sites for hydroxylation is 1. The van der Waals surface area contributed by atoms with Crippen molar-refractivity contribution in [3.8, 4) is 28.5 Å². The van der Waals surface area contributed by atoms with Crippen molar-refractivity contribution in [1.82, 2.24) is 35.4 Å². The lowest BCUT2D eigenvalue weighted by atomic mass is 9.60. The molecule has 4 atom stereocenters. The van der Waals surface area contributed by atoms with Crippen molar-refractivity contribution >= 4 is 43.7 Å². The summed E-state index contributed by atoms with van der Waals surface area (Å²) in [4.78, 5) is 7.41. The fourth-order valence-corrected chi connectivity index (χ4v) is 6.31. The number of hydrogen-bond acceptors (Lipinski definition) is 11. The summed E-state index contributed by atoms with van der Waals surface area (Å²) < 4.78 is 14.4. The SMILES string of the molecule is Cn1nnc(-c2ccc(-c3ncc(N([C@H]4C[C@]5(C)CCC[C@@H](C5)[C@H]4F)C(S)(S)S)nn3)c(O)c2)n1. The molecule has 2 fully saturated rings. The Balaban J connectivity index is 1.44. The molecule has 0 amide bonds. The van der Waals surface area contributed by atoms with Gasteiger partial charge in [0.15, 0.2) is 15.2 Å². The second kappa shape index (κ2) is 9.07. The summed E-state index contributed by atoms with van der Waals surface area (Å²) in [5.74, 6) is 0.873. The monoisotopic (exact) mass is 534 g/mol. The largest absolute Gasteiger partial charge is 0.507 e. The summed E-state index contributed by atoms with van der Waals surface area (Å²) in [5, 5.41) is 31.0. The average molecular weight is 535 g/mol. The number of nitrogens with zero attached hydrogens (tertiary/aromatic N) is 8. The lowest BCUT2D eigenvalue weighted by Crippen LogP contribution is -2.57. The maximum Gasteiger partial charge on any atom is 0.205 e. The molecule has 0 unspecified atom stereocenters. The first-order valence-corrected chi connectivity index (χ1v) is 12.8. The number of phenols is 1. The topological polar surface area (TPSA) is 106 Å². The van der Waals surface area contributed by atoms with E-state index in [0.717, 1.165) is 25.7 Å². The number of aromatic hydroxyl groups is 1. The van der Waals surface area contributed by atoms with E-state index in [-0.39, 0.29) is 22.9 Å². The molecule has 5 rings (SSSR count). The zero-order chi connectivity index (χ0) is 25.0. The summed E-state index contributed by atoms with van der Waals surface area (Å²) in [7, 11) is 1.66. The van der Waals surface area contributed by atoms with Crippen molar-refractivity contribution in [2.45, 2.75) is 54.8 Å². The number of thiol groups is 3. The van der Waals surface area contributed by atoms with Crippen molar-refractivity contribution in [3.63, 3.8) is 0 Å². The molecule has 2 bridgehead atoms. The van der Waals surface area contributed by atoms with Gasteiger partial charge < -0.3 is 10.0 Å². The van der Waals surface area contributed by atoms with Gasteiger partial charge in [-0.3, -0.25) is 0 Å². The van der Waals surface area contributed by atoms with Crippen molar-refractivity contribution in [3.05, 3.63) is 24.4 Å². The van der Waals surface area contributed by atoms with Crippen molar-refractivity contribution in [2.75, 3.05) is 4.90 Å². The summed E-state index contributed by atoms with van der Waals surface area (Å²) in [5.41, 5.74) is 1.05. The minimum absolute atomic E-state index is 0.00759. The highest BCUT2D eigenvalue weighted by atomic mass is 32.2. The molecule has 0 saturated heterocycles. The lowest BCUT2D eigenvalue weighted by Gasteiger charge is -2.53. The Bertz CT molecular complexity index is 1220. The van der Waals surface area contributed by atoms with Crippen LogP contribution in [-0.2, 0) is 7.05 Å². The van der Waals surface area contributed by atoms with Gasteiger partial charge in [0.25, 0.3) is 0 Å². The minimum atomic E-state index is -1.28. The Labute approximate surface area is 219 Å². The predicted octanol–water partition coefficient (Wildman–Crippen LogP) is 3.95. The van der Waals surface area contributed by atoms with Gasteiger partial charge in [0.2, 0.25) is 5.82 Å². The number of benzene rings is 1. The van der Waals surface area contributed by atoms with Gasteiger partial charge in [-0.15, -0.1) is 58.3 Å². The third-order valence-electron chi connectivity index (χ3n) is 7.09.